The third-order valence-electron chi connectivity index (χ3n) is 4.58. The molecule has 0 fully saturated rings. The number of hydrogen-bond donors (Lipinski definition) is 2. The van der Waals surface area contributed by atoms with E-state index in [0.717, 1.165) is 38.9 Å². The second-order valence-corrected chi connectivity index (χ2v) is 6.47. The fourth-order valence-corrected chi connectivity index (χ4v) is 3.37. The molecule has 0 radical (unpaired) electrons. The maximum atomic E-state index is 11.3. The Morgan fingerprint density at radius 1 is 1.08 bits per heavy atom. The van der Waals surface area contributed by atoms with Crippen LogP contribution in [0, 0.1) is 13.8 Å². The van der Waals surface area contributed by atoms with Gasteiger partial charge in [-0.3, -0.25) is 4.79 Å². The van der Waals surface area contributed by atoms with Gasteiger partial charge in [0.2, 0.25) is 0 Å². The Labute approximate surface area is 151 Å². The van der Waals surface area contributed by atoms with Crippen LogP contribution in [-0.4, -0.2) is 29.1 Å². The fraction of sp³-hybridized carbons (Fsp3) is 0.238. The maximum Gasteiger partial charge on any atom is 0.335 e. The molecule has 134 valence electrons. The van der Waals surface area contributed by atoms with Crippen molar-refractivity contribution >= 4 is 22.8 Å². The van der Waals surface area contributed by atoms with Gasteiger partial charge in [-0.25, -0.2) is 4.79 Å². The molecule has 0 saturated heterocycles. The number of fused-ring (bicyclic) bond motifs is 1. The zero-order valence-electron chi connectivity index (χ0n) is 15.1. The highest BCUT2D eigenvalue weighted by Gasteiger charge is 2.13. The van der Waals surface area contributed by atoms with Gasteiger partial charge < -0.3 is 14.8 Å². The fourth-order valence-electron chi connectivity index (χ4n) is 3.37. The normalized spacial score (nSPS) is 10.9. The van der Waals surface area contributed by atoms with Gasteiger partial charge in [-0.15, -0.1) is 0 Å². The Morgan fingerprint density at radius 2 is 1.77 bits per heavy atom. The number of carboxylic acid groups (broad SMARTS) is 1. The van der Waals surface area contributed by atoms with Gasteiger partial charge in [0.15, 0.2) is 0 Å². The zero-order valence-corrected chi connectivity index (χ0v) is 15.1. The first-order chi connectivity index (χ1) is 12.4. The number of carbonyl (C=O) groups is 2. The highest BCUT2D eigenvalue weighted by atomic mass is 16.5. The van der Waals surface area contributed by atoms with Crippen molar-refractivity contribution in [1.29, 1.82) is 0 Å². The molecule has 0 aliphatic rings. The van der Waals surface area contributed by atoms with Crippen LogP contribution in [0.1, 0.15) is 33.5 Å². The lowest BCUT2D eigenvalue weighted by Crippen LogP contribution is -2.02. The summed E-state index contributed by atoms with van der Waals surface area (Å²) in [6.07, 6.45) is 1.00. The lowest BCUT2D eigenvalue weighted by molar-refractivity contribution is -0.140. The summed E-state index contributed by atoms with van der Waals surface area (Å²) in [5, 5.41) is 10.1. The third-order valence-corrected chi connectivity index (χ3v) is 4.58. The summed E-state index contributed by atoms with van der Waals surface area (Å²) in [6, 6.07) is 11.3. The number of aryl methyl sites for hydroxylation is 3. The Hall–Kier alpha value is -3.08. The van der Waals surface area contributed by atoms with Gasteiger partial charge in [-0.2, -0.15) is 0 Å². The predicted molar refractivity (Wildman–Crippen MR) is 101 cm³/mol. The van der Waals surface area contributed by atoms with Crippen molar-refractivity contribution in [2.24, 2.45) is 0 Å². The van der Waals surface area contributed by atoms with Crippen molar-refractivity contribution in [1.82, 2.24) is 4.98 Å². The molecule has 0 aliphatic carbocycles. The van der Waals surface area contributed by atoms with E-state index in [0.29, 0.717) is 12.8 Å². The molecule has 3 rings (SSSR count). The highest BCUT2D eigenvalue weighted by Crippen LogP contribution is 2.31. The second kappa shape index (κ2) is 7.04. The Kier molecular flexibility index (Phi) is 4.80. The lowest BCUT2D eigenvalue weighted by Gasteiger charge is -2.11. The molecule has 0 amide bonds. The molecule has 5 heteroatoms. The molecule has 0 saturated carbocycles. The van der Waals surface area contributed by atoms with Crippen LogP contribution >= 0.6 is 0 Å². The number of aromatic carboxylic acids is 1. The first kappa shape index (κ1) is 17.7. The minimum Gasteiger partial charge on any atom is -0.478 e. The molecule has 2 aromatic carbocycles. The number of rotatable bonds is 5. The van der Waals surface area contributed by atoms with Crippen molar-refractivity contribution in [3.8, 4) is 11.3 Å². The lowest BCUT2D eigenvalue weighted by atomic mass is 9.95. The number of aromatic amines is 1. The van der Waals surface area contributed by atoms with Crippen LogP contribution in [0.3, 0.4) is 0 Å². The Morgan fingerprint density at radius 3 is 2.38 bits per heavy atom. The van der Waals surface area contributed by atoms with E-state index in [9.17, 15) is 9.59 Å². The summed E-state index contributed by atoms with van der Waals surface area (Å²) in [7, 11) is 1.40. The Bertz CT molecular complexity index is 977. The summed E-state index contributed by atoms with van der Waals surface area (Å²) < 4.78 is 4.70. The number of ether oxygens (including phenoxy) is 1. The van der Waals surface area contributed by atoms with E-state index < -0.39 is 5.97 Å². The van der Waals surface area contributed by atoms with Crippen molar-refractivity contribution in [2.75, 3.05) is 7.11 Å². The molecule has 0 unspecified atom stereocenters. The van der Waals surface area contributed by atoms with Crippen LogP contribution in [-0.2, 0) is 16.0 Å². The van der Waals surface area contributed by atoms with Crippen LogP contribution in [0.15, 0.2) is 36.4 Å². The number of esters is 1. The average Bonchev–Trinajstić information content (AvgIpc) is 3.01. The molecule has 0 bridgehead atoms. The monoisotopic (exact) mass is 351 g/mol. The molecule has 0 spiro atoms. The third kappa shape index (κ3) is 3.47. The SMILES string of the molecule is COC(=O)CCc1cc(C)c(-c2cc3ccc(C(=O)O)cc3[nH]2)c(C)c1. The number of carbonyl (C=O) groups excluding carboxylic acids is 1. The van der Waals surface area contributed by atoms with Crippen molar-refractivity contribution in [3.05, 3.63) is 58.7 Å². The van der Waals surface area contributed by atoms with Gasteiger partial charge in [0.05, 0.1) is 12.7 Å². The van der Waals surface area contributed by atoms with Gasteiger partial charge in [-0.1, -0.05) is 18.2 Å². The summed E-state index contributed by atoms with van der Waals surface area (Å²) in [5.74, 6) is -1.15. The highest BCUT2D eigenvalue weighted by molar-refractivity contribution is 5.95. The van der Waals surface area contributed by atoms with Gasteiger partial charge in [0.25, 0.3) is 0 Å². The number of H-pyrrole nitrogens is 1. The first-order valence-electron chi connectivity index (χ1n) is 8.42. The summed E-state index contributed by atoms with van der Waals surface area (Å²) in [6.45, 7) is 4.08. The Balaban J connectivity index is 1.97. The van der Waals surface area contributed by atoms with E-state index >= 15 is 0 Å². The molecule has 0 atom stereocenters. The van der Waals surface area contributed by atoms with Crippen molar-refractivity contribution in [3.63, 3.8) is 0 Å². The van der Waals surface area contributed by atoms with E-state index in [1.165, 1.54) is 7.11 Å². The van der Waals surface area contributed by atoms with Gasteiger partial charge in [0.1, 0.15) is 0 Å². The molecule has 5 nitrogen and oxygen atoms in total. The van der Waals surface area contributed by atoms with E-state index in [1.54, 1.807) is 12.1 Å². The largest absolute Gasteiger partial charge is 0.478 e. The number of carboxylic acids is 1. The number of hydrogen-bond acceptors (Lipinski definition) is 3. The quantitative estimate of drug-likeness (QED) is 0.673. The van der Waals surface area contributed by atoms with Crippen molar-refractivity contribution in [2.45, 2.75) is 26.7 Å². The summed E-state index contributed by atoms with van der Waals surface area (Å²) in [4.78, 5) is 25.8. The number of benzene rings is 2. The van der Waals surface area contributed by atoms with Crippen LogP contribution in [0.25, 0.3) is 22.2 Å². The predicted octanol–water partition coefficient (Wildman–Crippen LogP) is 4.26. The molecule has 2 N–H and O–H groups in total. The number of aromatic nitrogens is 1. The molecule has 1 aromatic heterocycles. The van der Waals surface area contributed by atoms with Crippen LogP contribution < -0.4 is 0 Å². The van der Waals surface area contributed by atoms with Gasteiger partial charge >= 0.3 is 11.9 Å². The van der Waals surface area contributed by atoms with E-state index in [2.05, 4.69) is 17.1 Å². The van der Waals surface area contributed by atoms with Gasteiger partial charge in [0, 0.05) is 28.6 Å². The first-order valence-corrected chi connectivity index (χ1v) is 8.42. The van der Waals surface area contributed by atoms with E-state index in [4.69, 9.17) is 9.84 Å². The zero-order chi connectivity index (χ0) is 18.8. The molecule has 26 heavy (non-hydrogen) atoms. The standard InChI is InChI=1S/C21H21NO4/c1-12-8-14(4-7-19(23)26-3)9-13(2)20(12)18-10-15-5-6-16(21(24)25)11-17(15)22-18/h5-6,8-11,22H,4,7H2,1-3H3,(H,24,25). The minimum atomic E-state index is -0.939. The van der Waals surface area contributed by atoms with Crippen LogP contribution in [0.2, 0.25) is 0 Å². The topological polar surface area (TPSA) is 79.4 Å². The second-order valence-electron chi connectivity index (χ2n) is 6.47. The number of nitrogens with one attached hydrogen (secondary N) is 1. The van der Waals surface area contributed by atoms with E-state index in [-0.39, 0.29) is 11.5 Å². The van der Waals surface area contributed by atoms with Crippen LogP contribution in [0.5, 0.6) is 0 Å². The van der Waals surface area contributed by atoms with Crippen molar-refractivity contribution < 1.29 is 19.4 Å². The molecule has 1 heterocycles. The summed E-state index contributed by atoms with van der Waals surface area (Å²) >= 11 is 0. The summed E-state index contributed by atoms with van der Waals surface area (Å²) in [5.41, 5.74) is 6.42. The van der Waals surface area contributed by atoms with Gasteiger partial charge in [-0.05, 0) is 55.2 Å². The molecule has 3 aromatic rings. The number of methoxy groups -OCH3 is 1. The molecular weight excluding hydrogens is 330 g/mol. The smallest absolute Gasteiger partial charge is 0.335 e. The maximum absolute atomic E-state index is 11.3. The molecular formula is C21H21NO4. The van der Waals surface area contributed by atoms with E-state index in [1.807, 2.05) is 26.0 Å². The minimum absolute atomic E-state index is 0.214. The molecule has 0 aliphatic heterocycles. The van der Waals surface area contributed by atoms with Crippen LogP contribution in [0.4, 0.5) is 0 Å². The average molecular weight is 351 g/mol.